The molecule has 1 amide bonds. The molecule has 5 aromatic rings. The molecule has 0 fully saturated rings. The monoisotopic (exact) mass is 503 g/mol. The minimum Gasteiger partial charge on any atom is -0.419 e. The number of rotatable bonds is 7. The first-order chi connectivity index (χ1) is 18.6. The van der Waals surface area contributed by atoms with E-state index < -0.39 is 11.5 Å². The molecule has 1 aliphatic carbocycles. The zero-order chi connectivity index (χ0) is 26.1. The normalized spacial score (nSPS) is 12.4. The largest absolute Gasteiger partial charge is 0.419 e. The third-order valence-electron chi connectivity index (χ3n) is 6.66. The second kappa shape index (κ2) is 9.91. The molecule has 3 aromatic carbocycles. The highest BCUT2D eigenvalue weighted by Gasteiger charge is 2.30. The Balaban J connectivity index is 1.13. The summed E-state index contributed by atoms with van der Waals surface area (Å²) in [6, 6.07) is 28.6. The van der Waals surface area contributed by atoms with Crippen LogP contribution in [0.3, 0.4) is 0 Å². The van der Waals surface area contributed by atoms with Crippen LogP contribution < -0.4 is 10.9 Å². The van der Waals surface area contributed by atoms with Gasteiger partial charge in [0.1, 0.15) is 5.56 Å². The van der Waals surface area contributed by atoms with Gasteiger partial charge in [0, 0.05) is 17.8 Å². The van der Waals surface area contributed by atoms with E-state index in [4.69, 9.17) is 4.42 Å². The molecule has 0 aliphatic heterocycles. The van der Waals surface area contributed by atoms with Crippen LogP contribution in [0, 0.1) is 0 Å². The molecule has 2 heterocycles. The molecule has 8 nitrogen and oxygen atoms in total. The maximum atomic E-state index is 13.2. The molecule has 0 atom stereocenters. The predicted octanol–water partition coefficient (Wildman–Crippen LogP) is 4.56. The van der Waals surface area contributed by atoms with Crippen LogP contribution in [0.25, 0.3) is 22.6 Å². The van der Waals surface area contributed by atoms with Crippen LogP contribution >= 0.6 is 0 Å². The second-order valence-corrected chi connectivity index (χ2v) is 9.35. The maximum absolute atomic E-state index is 13.2. The van der Waals surface area contributed by atoms with E-state index >= 15 is 0 Å². The number of amides is 1. The van der Waals surface area contributed by atoms with E-state index in [1.165, 1.54) is 0 Å². The number of carbonyl (C=O) groups excluding carboxylic acids is 1. The molecule has 0 saturated heterocycles. The highest BCUT2D eigenvalue weighted by Crippen LogP contribution is 2.43. The third kappa shape index (κ3) is 4.53. The van der Waals surface area contributed by atoms with Crippen LogP contribution in [0.4, 0.5) is 0 Å². The van der Waals surface area contributed by atoms with Crippen molar-refractivity contribution < 1.29 is 9.21 Å². The minimum atomic E-state index is -0.433. The highest BCUT2D eigenvalue weighted by atomic mass is 16.4. The van der Waals surface area contributed by atoms with Gasteiger partial charge in [-0.3, -0.25) is 14.5 Å². The lowest BCUT2D eigenvalue weighted by Gasteiger charge is -2.16. The van der Waals surface area contributed by atoms with E-state index in [2.05, 4.69) is 32.6 Å². The van der Waals surface area contributed by atoms with Gasteiger partial charge in [0.05, 0.1) is 12.6 Å². The molecule has 2 aromatic heterocycles. The summed E-state index contributed by atoms with van der Waals surface area (Å²) in [6.07, 6.45) is 0. The van der Waals surface area contributed by atoms with Crippen molar-refractivity contribution in [2.45, 2.75) is 19.1 Å². The Kier molecular flexibility index (Phi) is 6.15. The summed E-state index contributed by atoms with van der Waals surface area (Å²) in [5, 5.41) is 11.3. The Morgan fingerprint density at radius 2 is 1.53 bits per heavy atom. The molecular weight excluding hydrogens is 478 g/mol. The summed E-state index contributed by atoms with van der Waals surface area (Å²) in [4.78, 5) is 30.8. The highest BCUT2D eigenvalue weighted by molar-refractivity contribution is 5.95. The molecule has 0 spiro atoms. The van der Waals surface area contributed by atoms with Crippen LogP contribution in [-0.4, -0.2) is 33.0 Å². The van der Waals surface area contributed by atoms with Gasteiger partial charge in [-0.1, -0.05) is 66.7 Å². The zero-order valence-corrected chi connectivity index (χ0v) is 20.7. The van der Waals surface area contributed by atoms with E-state index in [1.54, 1.807) is 12.1 Å². The molecule has 8 heteroatoms. The molecule has 0 unspecified atom stereocenters. The number of nitrogens with one attached hydrogen (secondary N) is 2. The summed E-state index contributed by atoms with van der Waals surface area (Å²) in [6.45, 7) is 0.841. The van der Waals surface area contributed by atoms with Gasteiger partial charge in [-0.25, -0.2) is 0 Å². The molecule has 2 N–H and O–H groups in total. The van der Waals surface area contributed by atoms with Crippen molar-refractivity contribution in [2.24, 2.45) is 0 Å². The number of hydrogen-bond donors (Lipinski definition) is 2. The lowest BCUT2D eigenvalue weighted by atomic mass is 10.0. The molecule has 0 saturated carbocycles. The Labute approximate surface area is 219 Å². The summed E-state index contributed by atoms with van der Waals surface area (Å²) in [5.41, 5.74) is 5.40. The SMILES string of the molecule is CN(Cc1ccc(C(=O)NC2c3ccccc3-c3ccccc32)c(=O)[nH]1)Cc1nnc(-c2ccccc2)o1. The Morgan fingerprint density at radius 3 is 2.21 bits per heavy atom. The molecular formula is C30H25N5O3. The van der Waals surface area contributed by atoms with Crippen molar-refractivity contribution in [3.8, 4) is 22.6 Å². The predicted molar refractivity (Wildman–Crippen MR) is 143 cm³/mol. The smallest absolute Gasteiger partial charge is 0.261 e. The lowest BCUT2D eigenvalue weighted by molar-refractivity contribution is 0.0942. The molecule has 0 bridgehead atoms. The number of benzene rings is 3. The number of pyridine rings is 1. The maximum Gasteiger partial charge on any atom is 0.261 e. The van der Waals surface area contributed by atoms with Crippen molar-refractivity contribution in [1.82, 2.24) is 25.4 Å². The number of nitrogens with zero attached hydrogens (tertiary/aromatic N) is 3. The second-order valence-electron chi connectivity index (χ2n) is 9.35. The van der Waals surface area contributed by atoms with E-state index in [-0.39, 0.29) is 11.6 Å². The standard InChI is InChI=1S/C30H25N5O3/c1-35(18-26-33-34-30(38-26)19-9-3-2-4-10-19)17-20-15-16-25(28(36)31-20)29(37)32-27-23-13-7-5-11-21(23)22-12-6-8-14-24(22)27/h2-16,27H,17-18H2,1H3,(H,31,36)(H,32,37). The minimum absolute atomic E-state index is 0.0719. The average Bonchev–Trinajstić information content (AvgIpc) is 3.52. The van der Waals surface area contributed by atoms with Gasteiger partial charge in [-0.05, 0) is 53.6 Å². The van der Waals surface area contributed by atoms with Crippen LogP contribution in [0.1, 0.15) is 39.1 Å². The summed E-state index contributed by atoms with van der Waals surface area (Å²) >= 11 is 0. The van der Waals surface area contributed by atoms with Gasteiger partial charge in [-0.2, -0.15) is 0 Å². The molecule has 0 radical (unpaired) electrons. The topological polar surface area (TPSA) is 104 Å². The van der Waals surface area contributed by atoms with Gasteiger partial charge < -0.3 is 14.7 Å². The van der Waals surface area contributed by atoms with E-state index in [0.717, 1.165) is 27.8 Å². The van der Waals surface area contributed by atoms with Gasteiger partial charge >= 0.3 is 0 Å². The number of hydrogen-bond acceptors (Lipinski definition) is 6. The van der Waals surface area contributed by atoms with Crippen molar-refractivity contribution in [3.63, 3.8) is 0 Å². The first-order valence-corrected chi connectivity index (χ1v) is 12.3. The van der Waals surface area contributed by atoms with Crippen molar-refractivity contribution in [1.29, 1.82) is 0 Å². The number of aromatic nitrogens is 3. The van der Waals surface area contributed by atoms with Crippen molar-refractivity contribution in [3.05, 3.63) is 130 Å². The lowest BCUT2D eigenvalue weighted by Crippen LogP contribution is -2.33. The first-order valence-electron chi connectivity index (χ1n) is 12.3. The Morgan fingerprint density at radius 1 is 0.868 bits per heavy atom. The summed E-state index contributed by atoms with van der Waals surface area (Å²) < 4.78 is 5.78. The van der Waals surface area contributed by atoms with Crippen molar-refractivity contribution >= 4 is 5.91 Å². The van der Waals surface area contributed by atoms with Crippen LogP contribution in [0.2, 0.25) is 0 Å². The van der Waals surface area contributed by atoms with Crippen LogP contribution in [-0.2, 0) is 13.1 Å². The quantitative estimate of drug-likeness (QED) is 0.338. The van der Waals surface area contributed by atoms with Crippen molar-refractivity contribution in [2.75, 3.05) is 7.05 Å². The Bertz CT molecular complexity index is 1630. The molecule has 6 rings (SSSR count). The van der Waals surface area contributed by atoms with Gasteiger partial charge in [0.15, 0.2) is 0 Å². The van der Waals surface area contributed by atoms with Gasteiger partial charge in [0.2, 0.25) is 11.8 Å². The van der Waals surface area contributed by atoms with Crippen LogP contribution in [0.5, 0.6) is 0 Å². The summed E-state index contributed by atoms with van der Waals surface area (Å²) in [7, 11) is 1.89. The number of aromatic amines is 1. The van der Waals surface area contributed by atoms with Gasteiger partial charge in [0.25, 0.3) is 11.5 Å². The van der Waals surface area contributed by atoms with Crippen LogP contribution in [0.15, 0.2) is 100 Å². The Hall–Kier alpha value is -4.82. The first kappa shape index (κ1) is 23.6. The zero-order valence-electron chi connectivity index (χ0n) is 20.7. The number of fused-ring (bicyclic) bond motifs is 3. The third-order valence-corrected chi connectivity index (χ3v) is 6.66. The molecule has 188 valence electrons. The van der Waals surface area contributed by atoms with E-state index in [0.29, 0.717) is 30.6 Å². The summed E-state index contributed by atoms with van der Waals surface area (Å²) in [5.74, 6) is 0.522. The fourth-order valence-electron chi connectivity index (χ4n) is 4.90. The number of carbonyl (C=O) groups is 1. The van der Waals surface area contributed by atoms with Gasteiger partial charge in [-0.15, -0.1) is 10.2 Å². The van der Waals surface area contributed by atoms with E-state index in [9.17, 15) is 9.59 Å². The average molecular weight is 504 g/mol. The molecule has 1 aliphatic rings. The number of H-pyrrole nitrogens is 1. The van der Waals surface area contributed by atoms with E-state index in [1.807, 2.05) is 78.7 Å². The molecule has 38 heavy (non-hydrogen) atoms. The fraction of sp³-hybridized carbons (Fsp3) is 0.133. The fourth-order valence-corrected chi connectivity index (χ4v) is 4.90.